The zero-order valence-electron chi connectivity index (χ0n) is 8.97. The topological polar surface area (TPSA) is 44.5 Å². The molecule has 0 saturated carbocycles. The predicted molar refractivity (Wildman–Crippen MR) is 59.5 cm³/mol. The fourth-order valence-corrected chi connectivity index (χ4v) is 2.06. The summed E-state index contributed by atoms with van der Waals surface area (Å²) in [5.74, 6) is 5.21. The molecular weight excluding hydrogens is 303 g/mol. The highest BCUT2D eigenvalue weighted by Crippen LogP contribution is 2.37. The van der Waals surface area contributed by atoms with Gasteiger partial charge in [0.05, 0.1) is 23.8 Å². The second kappa shape index (κ2) is 5.70. The van der Waals surface area contributed by atoms with Gasteiger partial charge < -0.3 is 9.57 Å². The Labute approximate surface area is 105 Å². The molecule has 0 saturated heterocycles. The molecular formula is C10H11BrF3NO2. The van der Waals surface area contributed by atoms with Crippen molar-refractivity contribution in [1.82, 2.24) is 0 Å². The standard InChI is InChI=1S/C10H11BrF3NO2/c1-16-9-6(2-3-17-15)4-7(5-8(9)11)10(12,13)14/h4-5H,2-3,15H2,1H3. The first kappa shape index (κ1) is 14.3. The Bertz CT molecular complexity index is 396. The largest absolute Gasteiger partial charge is 0.495 e. The Morgan fingerprint density at radius 3 is 2.47 bits per heavy atom. The van der Waals surface area contributed by atoms with Crippen LogP contribution in [0, 0.1) is 0 Å². The zero-order valence-corrected chi connectivity index (χ0v) is 10.6. The quantitative estimate of drug-likeness (QED) is 0.869. The third-order valence-electron chi connectivity index (χ3n) is 2.14. The van der Waals surface area contributed by atoms with E-state index in [2.05, 4.69) is 20.8 Å². The number of alkyl halides is 3. The van der Waals surface area contributed by atoms with Gasteiger partial charge in [0, 0.05) is 6.42 Å². The lowest BCUT2D eigenvalue weighted by Crippen LogP contribution is -2.09. The van der Waals surface area contributed by atoms with E-state index in [-0.39, 0.29) is 17.5 Å². The molecule has 96 valence electrons. The lowest BCUT2D eigenvalue weighted by atomic mass is 10.1. The molecule has 0 atom stereocenters. The number of halogens is 4. The fraction of sp³-hybridized carbons (Fsp3) is 0.400. The molecule has 0 unspecified atom stereocenters. The number of nitrogens with two attached hydrogens (primary N) is 1. The number of hydrogen-bond acceptors (Lipinski definition) is 3. The summed E-state index contributed by atoms with van der Waals surface area (Å²) in [6.07, 6.45) is -4.16. The van der Waals surface area contributed by atoms with E-state index in [1.54, 1.807) is 0 Å². The lowest BCUT2D eigenvalue weighted by molar-refractivity contribution is -0.137. The molecule has 0 aromatic heterocycles. The SMILES string of the molecule is COc1c(Br)cc(C(F)(F)F)cc1CCON. The Balaban J connectivity index is 3.19. The molecule has 0 amide bonds. The van der Waals surface area contributed by atoms with Gasteiger partial charge in [0.15, 0.2) is 0 Å². The second-order valence-electron chi connectivity index (χ2n) is 3.27. The summed E-state index contributed by atoms with van der Waals surface area (Å²) in [6.45, 7) is 0.115. The maximum Gasteiger partial charge on any atom is 0.416 e. The van der Waals surface area contributed by atoms with Gasteiger partial charge in [0.2, 0.25) is 0 Å². The highest BCUT2D eigenvalue weighted by atomic mass is 79.9. The molecule has 0 fully saturated rings. The van der Waals surface area contributed by atoms with Gasteiger partial charge in [-0.15, -0.1) is 0 Å². The average Bonchev–Trinajstić information content (AvgIpc) is 2.24. The van der Waals surface area contributed by atoms with E-state index >= 15 is 0 Å². The van der Waals surface area contributed by atoms with Crippen molar-refractivity contribution in [2.45, 2.75) is 12.6 Å². The third kappa shape index (κ3) is 3.58. The highest BCUT2D eigenvalue weighted by Gasteiger charge is 2.32. The molecule has 0 bridgehead atoms. The van der Waals surface area contributed by atoms with Crippen LogP contribution in [0.3, 0.4) is 0 Å². The summed E-state index contributed by atoms with van der Waals surface area (Å²) in [6, 6.07) is 2.01. The number of hydrogen-bond donors (Lipinski definition) is 1. The van der Waals surface area contributed by atoms with E-state index in [9.17, 15) is 13.2 Å². The predicted octanol–water partition coefficient (Wildman–Crippen LogP) is 2.91. The summed E-state index contributed by atoms with van der Waals surface area (Å²) in [7, 11) is 1.39. The zero-order chi connectivity index (χ0) is 13.1. The minimum absolute atomic E-state index is 0.115. The number of methoxy groups -OCH3 is 1. The van der Waals surface area contributed by atoms with Gasteiger partial charge in [0.1, 0.15) is 5.75 Å². The molecule has 3 nitrogen and oxygen atoms in total. The fourth-order valence-electron chi connectivity index (χ4n) is 1.40. The van der Waals surface area contributed by atoms with E-state index in [0.717, 1.165) is 12.1 Å². The summed E-state index contributed by atoms with van der Waals surface area (Å²) in [5.41, 5.74) is -0.350. The highest BCUT2D eigenvalue weighted by molar-refractivity contribution is 9.10. The molecule has 1 rings (SSSR count). The van der Waals surface area contributed by atoms with Gasteiger partial charge >= 0.3 is 6.18 Å². The van der Waals surface area contributed by atoms with Crippen LogP contribution in [-0.4, -0.2) is 13.7 Å². The molecule has 0 aliphatic carbocycles. The third-order valence-corrected chi connectivity index (χ3v) is 2.73. The van der Waals surface area contributed by atoms with Crippen LogP contribution in [0.2, 0.25) is 0 Å². The lowest BCUT2D eigenvalue weighted by Gasteiger charge is -2.14. The van der Waals surface area contributed by atoms with Crippen LogP contribution in [0.15, 0.2) is 16.6 Å². The molecule has 2 N–H and O–H groups in total. The van der Waals surface area contributed by atoms with E-state index in [0.29, 0.717) is 11.3 Å². The van der Waals surface area contributed by atoms with Crippen molar-refractivity contribution in [3.05, 3.63) is 27.7 Å². The monoisotopic (exact) mass is 313 g/mol. The van der Waals surface area contributed by atoms with Crippen molar-refractivity contribution < 1.29 is 22.7 Å². The number of benzene rings is 1. The average molecular weight is 314 g/mol. The smallest absolute Gasteiger partial charge is 0.416 e. The van der Waals surface area contributed by atoms with Crippen molar-refractivity contribution in [2.24, 2.45) is 5.90 Å². The first-order valence-corrected chi connectivity index (χ1v) is 5.44. The van der Waals surface area contributed by atoms with Gasteiger partial charge in [-0.05, 0) is 33.6 Å². The maximum atomic E-state index is 12.6. The van der Waals surface area contributed by atoms with E-state index in [4.69, 9.17) is 10.6 Å². The van der Waals surface area contributed by atoms with E-state index in [1.807, 2.05) is 0 Å². The Morgan fingerprint density at radius 2 is 2.00 bits per heavy atom. The van der Waals surface area contributed by atoms with Gasteiger partial charge in [-0.3, -0.25) is 0 Å². The van der Waals surface area contributed by atoms with Crippen molar-refractivity contribution in [3.63, 3.8) is 0 Å². The van der Waals surface area contributed by atoms with Gasteiger partial charge in [-0.1, -0.05) is 0 Å². The molecule has 17 heavy (non-hydrogen) atoms. The van der Waals surface area contributed by atoms with Crippen LogP contribution in [0.1, 0.15) is 11.1 Å². The van der Waals surface area contributed by atoms with E-state index < -0.39 is 11.7 Å². The Morgan fingerprint density at radius 1 is 1.35 bits per heavy atom. The van der Waals surface area contributed by atoms with Crippen molar-refractivity contribution in [2.75, 3.05) is 13.7 Å². The normalized spacial score (nSPS) is 11.6. The summed E-state index contributed by atoms with van der Waals surface area (Å²) >= 11 is 3.05. The maximum absolute atomic E-state index is 12.6. The molecule has 0 spiro atoms. The van der Waals surface area contributed by atoms with Crippen molar-refractivity contribution in [3.8, 4) is 5.75 Å². The van der Waals surface area contributed by atoms with Crippen LogP contribution in [0.5, 0.6) is 5.75 Å². The number of ether oxygens (including phenoxy) is 1. The van der Waals surface area contributed by atoms with Crippen LogP contribution >= 0.6 is 15.9 Å². The van der Waals surface area contributed by atoms with E-state index in [1.165, 1.54) is 7.11 Å². The minimum atomic E-state index is -4.40. The Hall–Kier alpha value is -0.790. The van der Waals surface area contributed by atoms with Crippen LogP contribution in [0.4, 0.5) is 13.2 Å². The van der Waals surface area contributed by atoms with Gasteiger partial charge in [-0.2, -0.15) is 13.2 Å². The molecule has 0 aliphatic rings. The molecule has 1 aromatic carbocycles. The first-order chi connectivity index (χ1) is 7.90. The molecule has 0 heterocycles. The molecule has 7 heteroatoms. The summed E-state index contributed by atoms with van der Waals surface area (Å²) < 4.78 is 43.0. The molecule has 0 aliphatic heterocycles. The van der Waals surface area contributed by atoms with Gasteiger partial charge in [-0.25, -0.2) is 5.90 Å². The van der Waals surface area contributed by atoms with Crippen LogP contribution in [0.25, 0.3) is 0 Å². The van der Waals surface area contributed by atoms with Crippen molar-refractivity contribution >= 4 is 15.9 Å². The molecule has 0 radical (unpaired) electrons. The number of rotatable bonds is 4. The first-order valence-electron chi connectivity index (χ1n) is 4.65. The summed E-state index contributed by atoms with van der Waals surface area (Å²) in [4.78, 5) is 4.36. The molecule has 1 aromatic rings. The minimum Gasteiger partial charge on any atom is -0.495 e. The van der Waals surface area contributed by atoms with Gasteiger partial charge in [0.25, 0.3) is 0 Å². The Kier molecular flexibility index (Phi) is 4.79. The van der Waals surface area contributed by atoms with Crippen LogP contribution in [-0.2, 0) is 17.4 Å². The second-order valence-corrected chi connectivity index (χ2v) is 4.12. The van der Waals surface area contributed by atoms with Crippen molar-refractivity contribution in [1.29, 1.82) is 0 Å². The van der Waals surface area contributed by atoms with Crippen LogP contribution < -0.4 is 10.6 Å². The summed E-state index contributed by atoms with van der Waals surface area (Å²) in [5, 5.41) is 0.